The summed E-state index contributed by atoms with van der Waals surface area (Å²) in [5.74, 6) is -0.00827. The molecule has 0 bridgehead atoms. The van der Waals surface area contributed by atoms with E-state index >= 15 is 0 Å². The highest BCUT2D eigenvalue weighted by Crippen LogP contribution is 2.22. The van der Waals surface area contributed by atoms with Crippen LogP contribution in [-0.4, -0.2) is 11.9 Å². The predicted octanol–water partition coefficient (Wildman–Crippen LogP) is 1.77. The molecule has 14 heavy (non-hydrogen) atoms. The lowest BCUT2D eigenvalue weighted by atomic mass is 10.2. The first-order valence-electron chi connectivity index (χ1n) is 4.49. The maximum atomic E-state index is 11.5. The summed E-state index contributed by atoms with van der Waals surface area (Å²) in [6.07, 6.45) is 0. The fourth-order valence-electron chi connectivity index (χ4n) is 1.43. The Hall–Kier alpha value is -1.06. The van der Waals surface area contributed by atoms with E-state index in [4.69, 9.17) is 11.6 Å². The van der Waals surface area contributed by atoms with Gasteiger partial charge in [0.2, 0.25) is 5.91 Å². The molecule has 2 rings (SSSR count). The molecular formula is C10H11ClN2O. The average Bonchev–Trinajstić information content (AvgIpc) is 2.29. The molecule has 1 unspecified atom stereocenters. The van der Waals surface area contributed by atoms with Crippen LogP contribution in [0.5, 0.6) is 0 Å². The molecule has 1 aromatic carbocycles. The van der Waals surface area contributed by atoms with Gasteiger partial charge in [-0.3, -0.25) is 4.79 Å². The number of hydrogen-bond acceptors (Lipinski definition) is 2. The van der Waals surface area contributed by atoms with Crippen LogP contribution in [-0.2, 0) is 11.3 Å². The highest BCUT2D eigenvalue weighted by atomic mass is 35.5. The SMILES string of the molecule is CC1NCc2cc(Cl)ccc2NC1=O. The summed E-state index contributed by atoms with van der Waals surface area (Å²) in [6, 6.07) is 5.30. The number of nitrogens with one attached hydrogen (secondary N) is 2. The third-order valence-electron chi connectivity index (χ3n) is 2.32. The second-order valence-electron chi connectivity index (χ2n) is 3.39. The zero-order valence-corrected chi connectivity index (χ0v) is 8.56. The molecule has 1 atom stereocenters. The number of benzene rings is 1. The van der Waals surface area contributed by atoms with Gasteiger partial charge in [-0.05, 0) is 30.7 Å². The average molecular weight is 211 g/mol. The Morgan fingerprint density at radius 3 is 3.07 bits per heavy atom. The van der Waals surface area contributed by atoms with E-state index in [0.717, 1.165) is 11.3 Å². The van der Waals surface area contributed by atoms with Gasteiger partial charge < -0.3 is 10.6 Å². The molecule has 0 spiro atoms. The quantitative estimate of drug-likeness (QED) is 0.685. The molecule has 0 fully saturated rings. The van der Waals surface area contributed by atoms with E-state index in [0.29, 0.717) is 11.6 Å². The van der Waals surface area contributed by atoms with Crippen LogP contribution in [0.1, 0.15) is 12.5 Å². The summed E-state index contributed by atoms with van der Waals surface area (Å²) >= 11 is 5.86. The van der Waals surface area contributed by atoms with Gasteiger partial charge >= 0.3 is 0 Å². The predicted molar refractivity (Wildman–Crippen MR) is 56.4 cm³/mol. The van der Waals surface area contributed by atoms with Gasteiger partial charge in [-0.15, -0.1) is 0 Å². The van der Waals surface area contributed by atoms with Crippen molar-refractivity contribution in [2.75, 3.05) is 5.32 Å². The van der Waals surface area contributed by atoms with Crippen LogP contribution in [0.2, 0.25) is 5.02 Å². The van der Waals surface area contributed by atoms with Gasteiger partial charge in [0.25, 0.3) is 0 Å². The van der Waals surface area contributed by atoms with Gasteiger partial charge in [-0.25, -0.2) is 0 Å². The van der Waals surface area contributed by atoms with Crippen molar-refractivity contribution in [1.82, 2.24) is 5.32 Å². The zero-order valence-electron chi connectivity index (χ0n) is 7.80. The number of carbonyl (C=O) groups excluding carboxylic acids is 1. The number of rotatable bonds is 0. The summed E-state index contributed by atoms with van der Waals surface area (Å²) in [6.45, 7) is 2.50. The van der Waals surface area contributed by atoms with E-state index in [1.807, 2.05) is 19.1 Å². The van der Waals surface area contributed by atoms with Gasteiger partial charge in [-0.1, -0.05) is 11.6 Å². The molecule has 0 saturated carbocycles. The Balaban J connectivity index is 2.37. The standard InChI is InChI=1S/C10H11ClN2O/c1-6-10(14)13-9-3-2-8(11)4-7(9)5-12-6/h2-4,6,12H,5H2,1H3,(H,13,14). The summed E-state index contributed by atoms with van der Waals surface area (Å²) in [4.78, 5) is 11.5. The minimum Gasteiger partial charge on any atom is -0.324 e. The summed E-state index contributed by atoms with van der Waals surface area (Å²) in [5, 5.41) is 6.64. The van der Waals surface area contributed by atoms with Crippen LogP contribution in [0.15, 0.2) is 18.2 Å². The van der Waals surface area contributed by atoms with Crippen molar-refractivity contribution in [3.05, 3.63) is 28.8 Å². The molecule has 1 aliphatic rings. The Kier molecular flexibility index (Phi) is 2.44. The monoisotopic (exact) mass is 210 g/mol. The van der Waals surface area contributed by atoms with Crippen molar-refractivity contribution < 1.29 is 4.79 Å². The Morgan fingerprint density at radius 2 is 2.29 bits per heavy atom. The zero-order chi connectivity index (χ0) is 10.1. The molecule has 2 N–H and O–H groups in total. The Morgan fingerprint density at radius 1 is 1.50 bits per heavy atom. The summed E-state index contributed by atoms with van der Waals surface area (Å²) < 4.78 is 0. The summed E-state index contributed by atoms with van der Waals surface area (Å²) in [7, 11) is 0. The lowest BCUT2D eigenvalue weighted by molar-refractivity contribution is -0.117. The number of carbonyl (C=O) groups is 1. The topological polar surface area (TPSA) is 41.1 Å². The van der Waals surface area contributed by atoms with Crippen LogP contribution < -0.4 is 10.6 Å². The first-order chi connectivity index (χ1) is 6.66. The van der Waals surface area contributed by atoms with Crippen LogP contribution in [0.25, 0.3) is 0 Å². The van der Waals surface area contributed by atoms with Gasteiger partial charge in [0, 0.05) is 17.3 Å². The number of anilines is 1. The Bertz CT molecular complexity index is 378. The number of amides is 1. The van der Waals surface area contributed by atoms with E-state index in [1.54, 1.807) is 6.07 Å². The third kappa shape index (κ3) is 1.74. The maximum absolute atomic E-state index is 11.5. The van der Waals surface area contributed by atoms with Crippen molar-refractivity contribution in [3.63, 3.8) is 0 Å². The van der Waals surface area contributed by atoms with Crippen LogP contribution in [0.3, 0.4) is 0 Å². The number of fused-ring (bicyclic) bond motifs is 1. The first kappa shape index (κ1) is 9.49. The summed E-state index contributed by atoms with van der Waals surface area (Å²) in [5.41, 5.74) is 1.87. The van der Waals surface area contributed by atoms with E-state index in [2.05, 4.69) is 10.6 Å². The van der Waals surface area contributed by atoms with Gasteiger partial charge in [0.15, 0.2) is 0 Å². The Labute approximate surface area is 87.4 Å². The molecular weight excluding hydrogens is 200 g/mol. The molecule has 1 aliphatic heterocycles. The van der Waals surface area contributed by atoms with Crippen molar-refractivity contribution in [2.45, 2.75) is 19.5 Å². The first-order valence-corrected chi connectivity index (χ1v) is 4.87. The van der Waals surface area contributed by atoms with Crippen LogP contribution >= 0.6 is 11.6 Å². The van der Waals surface area contributed by atoms with Gasteiger partial charge in [0.1, 0.15) is 0 Å². The lowest BCUT2D eigenvalue weighted by Crippen LogP contribution is -2.34. The van der Waals surface area contributed by atoms with Crippen LogP contribution in [0, 0.1) is 0 Å². The van der Waals surface area contributed by atoms with Gasteiger partial charge in [-0.2, -0.15) is 0 Å². The van der Waals surface area contributed by atoms with Crippen molar-refractivity contribution in [2.24, 2.45) is 0 Å². The molecule has 1 amide bonds. The number of hydrogen-bond donors (Lipinski definition) is 2. The second-order valence-corrected chi connectivity index (χ2v) is 3.83. The van der Waals surface area contributed by atoms with E-state index in [-0.39, 0.29) is 11.9 Å². The second kappa shape index (κ2) is 3.59. The smallest absolute Gasteiger partial charge is 0.241 e. The minimum absolute atomic E-state index is 0.00827. The van der Waals surface area contributed by atoms with E-state index in [1.165, 1.54) is 0 Å². The molecule has 0 aliphatic carbocycles. The molecule has 0 aromatic heterocycles. The van der Waals surface area contributed by atoms with E-state index < -0.39 is 0 Å². The van der Waals surface area contributed by atoms with Crippen molar-refractivity contribution in [1.29, 1.82) is 0 Å². The maximum Gasteiger partial charge on any atom is 0.241 e. The fourth-order valence-corrected chi connectivity index (χ4v) is 1.62. The largest absolute Gasteiger partial charge is 0.324 e. The third-order valence-corrected chi connectivity index (χ3v) is 2.55. The van der Waals surface area contributed by atoms with Crippen LogP contribution in [0.4, 0.5) is 5.69 Å². The van der Waals surface area contributed by atoms with Crippen molar-refractivity contribution in [3.8, 4) is 0 Å². The fraction of sp³-hybridized carbons (Fsp3) is 0.300. The van der Waals surface area contributed by atoms with Gasteiger partial charge in [0.05, 0.1) is 6.04 Å². The molecule has 74 valence electrons. The van der Waals surface area contributed by atoms with E-state index in [9.17, 15) is 4.79 Å². The molecule has 1 aromatic rings. The normalized spacial score (nSPS) is 21.0. The lowest BCUT2D eigenvalue weighted by Gasteiger charge is -2.06. The molecule has 1 heterocycles. The molecule has 3 nitrogen and oxygen atoms in total. The molecule has 0 radical (unpaired) electrons. The molecule has 0 saturated heterocycles. The molecule has 4 heteroatoms. The minimum atomic E-state index is -0.166. The number of halogens is 1. The highest BCUT2D eigenvalue weighted by Gasteiger charge is 2.18. The van der Waals surface area contributed by atoms with Crippen molar-refractivity contribution >= 4 is 23.2 Å². The highest BCUT2D eigenvalue weighted by molar-refractivity contribution is 6.30.